The van der Waals surface area contributed by atoms with Gasteiger partial charge in [0.2, 0.25) is 0 Å². The highest BCUT2D eigenvalue weighted by Crippen LogP contribution is 2.34. The zero-order valence-electron chi connectivity index (χ0n) is 6.83. The second-order valence-corrected chi connectivity index (χ2v) is 3.79. The van der Waals surface area contributed by atoms with Gasteiger partial charge in [0.1, 0.15) is 5.82 Å². The molecule has 0 saturated heterocycles. The SMILES string of the molecule is NCc1cc(C(F)(F)F)c(I)cc1F. The van der Waals surface area contributed by atoms with E-state index in [0.717, 1.165) is 12.1 Å². The predicted octanol–water partition coefficient (Wildman–Crippen LogP) is 2.91. The van der Waals surface area contributed by atoms with E-state index in [-0.39, 0.29) is 15.7 Å². The van der Waals surface area contributed by atoms with E-state index in [9.17, 15) is 17.6 Å². The van der Waals surface area contributed by atoms with Crippen molar-refractivity contribution in [1.82, 2.24) is 0 Å². The number of benzene rings is 1. The quantitative estimate of drug-likeness (QED) is 0.625. The molecule has 1 nitrogen and oxygen atoms in total. The van der Waals surface area contributed by atoms with Gasteiger partial charge in [-0.05, 0) is 34.7 Å². The first kappa shape index (κ1) is 11.7. The van der Waals surface area contributed by atoms with Gasteiger partial charge in [-0.3, -0.25) is 0 Å². The molecule has 14 heavy (non-hydrogen) atoms. The Bertz CT molecular complexity index is 348. The fourth-order valence-electron chi connectivity index (χ4n) is 0.967. The summed E-state index contributed by atoms with van der Waals surface area (Å²) in [6.07, 6.45) is -4.46. The lowest BCUT2D eigenvalue weighted by molar-refractivity contribution is -0.138. The fourth-order valence-corrected chi connectivity index (χ4v) is 1.70. The Hall–Kier alpha value is -0.370. The van der Waals surface area contributed by atoms with Crippen molar-refractivity contribution in [3.8, 4) is 0 Å². The van der Waals surface area contributed by atoms with Crippen molar-refractivity contribution >= 4 is 22.6 Å². The van der Waals surface area contributed by atoms with Crippen molar-refractivity contribution in [1.29, 1.82) is 0 Å². The third-order valence-corrected chi connectivity index (χ3v) is 2.55. The molecule has 0 amide bonds. The Morgan fingerprint density at radius 2 is 1.86 bits per heavy atom. The minimum absolute atomic E-state index is 0.127. The van der Waals surface area contributed by atoms with Crippen LogP contribution < -0.4 is 5.73 Å². The van der Waals surface area contributed by atoms with Gasteiger partial charge < -0.3 is 5.73 Å². The van der Waals surface area contributed by atoms with Gasteiger partial charge in [0.25, 0.3) is 0 Å². The summed E-state index contributed by atoms with van der Waals surface area (Å²) in [6.45, 7) is -0.244. The molecule has 0 aliphatic carbocycles. The molecule has 0 aliphatic rings. The molecule has 0 fully saturated rings. The Labute approximate surface area is 91.4 Å². The molecule has 1 rings (SSSR count). The molecule has 78 valence electrons. The molecule has 0 heterocycles. The van der Waals surface area contributed by atoms with Crippen molar-refractivity contribution < 1.29 is 17.6 Å². The van der Waals surface area contributed by atoms with E-state index in [0.29, 0.717) is 0 Å². The van der Waals surface area contributed by atoms with Gasteiger partial charge in [0.15, 0.2) is 0 Å². The molecular formula is C8H6F4IN. The third-order valence-electron chi connectivity index (χ3n) is 1.66. The van der Waals surface area contributed by atoms with Crippen molar-refractivity contribution in [2.45, 2.75) is 12.7 Å². The lowest BCUT2D eigenvalue weighted by atomic mass is 10.1. The zero-order chi connectivity index (χ0) is 10.9. The van der Waals surface area contributed by atoms with Gasteiger partial charge in [0.05, 0.1) is 5.56 Å². The lowest BCUT2D eigenvalue weighted by Crippen LogP contribution is -2.11. The van der Waals surface area contributed by atoms with Crippen LogP contribution in [0.1, 0.15) is 11.1 Å². The van der Waals surface area contributed by atoms with Gasteiger partial charge in [-0.15, -0.1) is 0 Å². The van der Waals surface area contributed by atoms with Crippen LogP contribution in [0.3, 0.4) is 0 Å². The summed E-state index contributed by atoms with van der Waals surface area (Å²) >= 11 is 1.44. The highest BCUT2D eigenvalue weighted by atomic mass is 127. The van der Waals surface area contributed by atoms with Gasteiger partial charge in [-0.25, -0.2) is 4.39 Å². The summed E-state index contributed by atoms with van der Waals surface area (Å²) in [4.78, 5) is 0. The first-order chi connectivity index (χ1) is 6.36. The Kier molecular flexibility index (Phi) is 3.36. The summed E-state index contributed by atoms with van der Waals surface area (Å²) < 4.78 is 49.8. The Morgan fingerprint density at radius 1 is 1.29 bits per heavy atom. The average Bonchev–Trinajstić information content (AvgIpc) is 2.02. The molecule has 0 aliphatic heterocycles. The van der Waals surface area contributed by atoms with Crippen molar-refractivity contribution in [2.75, 3.05) is 0 Å². The number of hydrogen-bond donors (Lipinski definition) is 1. The second kappa shape index (κ2) is 4.01. The number of rotatable bonds is 1. The Morgan fingerprint density at radius 3 is 2.29 bits per heavy atom. The normalized spacial score (nSPS) is 11.9. The van der Waals surface area contributed by atoms with E-state index in [1.54, 1.807) is 0 Å². The maximum absolute atomic E-state index is 13.0. The molecular weight excluding hydrogens is 313 g/mol. The van der Waals surface area contributed by atoms with Gasteiger partial charge in [-0.2, -0.15) is 13.2 Å². The maximum Gasteiger partial charge on any atom is 0.417 e. The number of hydrogen-bond acceptors (Lipinski definition) is 1. The van der Waals surface area contributed by atoms with E-state index in [1.165, 1.54) is 22.6 Å². The van der Waals surface area contributed by atoms with Crippen molar-refractivity contribution in [2.24, 2.45) is 5.73 Å². The third kappa shape index (κ3) is 2.35. The standard InChI is InChI=1S/C8H6F4IN/c9-6-2-7(13)5(8(10,11)12)1-4(6)3-14/h1-2H,3,14H2. The monoisotopic (exact) mass is 319 g/mol. The predicted molar refractivity (Wildman–Crippen MR) is 52.0 cm³/mol. The van der Waals surface area contributed by atoms with Crippen LogP contribution in [0, 0.1) is 9.39 Å². The van der Waals surface area contributed by atoms with Crippen LogP contribution in [-0.4, -0.2) is 0 Å². The zero-order valence-corrected chi connectivity index (χ0v) is 8.99. The lowest BCUT2D eigenvalue weighted by Gasteiger charge is -2.11. The molecule has 1 aromatic carbocycles. The first-order valence-electron chi connectivity index (χ1n) is 3.61. The summed E-state index contributed by atoms with van der Waals surface area (Å²) in [5.74, 6) is -0.704. The minimum Gasteiger partial charge on any atom is -0.326 e. The summed E-state index contributed by atoms with van der Waals surface area (Å²) in [6, 6.07) is 1.59. The van der Waals surface area contributed by atoms with Crippen LogP contribution in [-0.2, 0) is 12.7 Å². The Balaban J connectivity index is 3.32. The average molecular weight is 319 g/mol. The molecule has 2 N–H and O–H groups in total. The van der Waals surface area contributed by atoms with E-state index in [2.05, 4.69) is 0 Å². The number of halogens is 5. The highest BCUT2D eigenvalue weighted by molar-refractivity contribution is 14.1. The van der Waals surface area contributed by atoms with Crippen LogP contribution in [0.4, 0.5) is 17.6 Å². The molecule has 1 aromatic rings. The van der Waals surface area contributed by atoms with Gasteiger partial charge >= 0.3 is 6.18 Å². The van der Waals surface area contributed by atoms with Gasteiger partial charge in [0, 0.05) is 15.7 Å². The van der Waals surface area contributed by atoms with E-state index in [1.807, 2.05) is 0 Å². The molecule has 0 aromatic heterocycles. The summed E-state index contributed by atoms with van der Waals surface area (Å²) in [7, 11) is 0. The molecule has 6 heteroatoms. The van der Waals surface area contributed by atoms with Gasteiger partial charge in [-0.1, -0.05) is 0 Å². The number of nitrogens with two attached hydrogens (primary N) is 1. The van der Waals surface area contributed by atoms with Crippen LogP contribution in [0.5, 0.6) is 0 Å². The molecule has 0 atom stereocenters. The molecule has 0 bridgehead atoms. The second-order valence-electron chi connectivity index (χ2n) is 2.63. The summed E-state index contributed by atoms with van der Waals surface area (Å²) in [5, 5.41) is 0. The molecule has 0 radical (unpaired) electrons. The van der Waals surface area contributed by atoms with E-state index in [4.69, 9.17) is 5.73 Å². The van der Waals surface area contributed by atoms with E-state index >= 15 is 0 Å². The van der Waals surface area contributed by atoms with Crippen molar-refractivity contribution in [3.63, 3.8) is 0 Å². The number of alkyl halides is 3. The highest BCUT2D eigenvalue weighted by Gasteiger charge is 2.33. The van der Waals surface area contributed by atoms with Crippen LogP contribution in [0.15, 0.2) is 12.1 Å². The van der Waals surface area contributed by atoms with Crippen molar-refractivity contribution in [3.05, 3.63) is 32.6 Å². The van der Waals surface area contributed by atoms with Crippen LogP contribution >= 0.6 is 22.6 Å². The molecule has 0 saturated carbocycles. The topological polar surface area (TPSA) is 26.0 Å². The first-order valence-corrected chi connectivity index (χ1v) is 4.69. The fraction of sp³-hybridized carbons (Fsp3) is 0.250. The maximum atomic E-state index is 13.0. The molecule has 0 unspecified atom stereocenters. The summed E-state index contributed by atoms with van der Waals surface area (Å²) in [5.41, 5.74) is 4.13. The largest absolute Gasteiger partial charge is 0.417 e. The smallest absolute Gasteiger partial charge is 0.326 e. The molecule has 0 spiro atoms. The van der Waals surface area contributed by atoms with E-state index < -0.39 is 17.6 Å². The van der Waals surface area contributed by atoms with Crippen LogP contribution in [0.25, 0.3) is 0 Å². The minimum atomic E-state index is -4.46. The van der Waals surface area contributed by atoms with Crippen LogP contribution in [0.2, 0.25) is 0 Å².